The molecule has 15 N–H and O–H groups in total. The molecule has 4 heterocycles. The number of allylic oxidation sites excluding steroid dienone is 2. The Bertz CT molecular complexity index is 2560. The van der Waals surface area contributed by atoms with Crippen molar-refractivity contribution in [2.24, 2.45) is 50.2 Å². The van der Waals surface area contributed by atoms with Gasteiger partial charge in [-0.05, 0) is 108 Å². The van der Waals surface area contributed by atoms with Gasteiger partial charge in [-0.25, -0.2) is 4.79 Å². The van der Waals surface area contributed by atoms with Gasteiger partial charge in [-0.2, -0.15) is 0 Å². The Labute approximate surface area is 501 Å². The minimum absolute atomic E-state index is 0.0873. The number of hydrogen-bond donors (Lipinski definition) is 15. The fraction of sp³-hybridized carbons (Fsp3) is 0.852. The van der Waals surface area contributed by atoms with E-state index in [2.05, 4.69) is 46.0 Å². The van der Waals surface area contributed by atoms with E-state index in [4.69, 9.17) is 42.6 Å². The zero-order valence-corrected chi connectivity index (χ0v) is 50.4. The quantitative estimate of drug-likeness (QED) is 0.0564. The van der Waals surface area contributed by atoms with Crippen LogP contribution in [0, 0.1) is 50.2 Å². The maximum Gasteiger partial charge on any atom is 0.340 e. The second kappa shape index (κ2) is 24.8. The number of esters is 1. The van der Waals surface area contributed by atoms with Crippen molar-refractivity contribution in [1.82, 2.24) is 0 Å². The van der Waals surface area contributed by atoms with Crippen LogP contribution in [0.5, 0.6) is 0 Å². The van der Waals surface area contributed by atoms with Gasteiger partial charge in [0, 0.05) is 18.2 Å². The summed E-state index contributed by atoms with van der Waals surface area (Å²) >= 11 is 0. The molecule has 86 heavy (non-hydrogen) atoms. The third-order valence-electron chi connectivity index (χ3n) is 23.0. The molecule has 0 aromatic heterocycles. The van der Waals surface area contributed by atoms with Crippen LogP contribution in [0.3, 0.4) is 0 Å². The summed E-state index contributed by atoms with van der Waals surface area (Å²) in [6, 6.07) is 6.74. The molecule has 1 aromatic rings. The first-order chi connectivity index (χ1) is 40.4. The lowest BCUT2D eigenvalue weighted by Crippen LogP contribution is -2.68. The van der Waals surface area contributed by atoms with Gasteiger partial charge in [0.2, 0.25) is 0 Å². The average molecular weight is 1230 g/mol. The van der Waals surface area contributed by atoms with Gasteiger partial charge in [0.25, 0.3) is 0 Å². The predicted molar refractivity (Wildman–Crippen MR) is 299 cm³/mol. The molecule has 4 aliphatic heterocycles. The molecule has 0 bridgehead atoms. The number of rotatable bonds is 15. The molecule has 10 rings (SSSR count). The van der Waals surface area contributed by atoms with Crippen LogP contribution >= 0.6 is 0 Å². The number of ether oxygens (including phenoxy) is 9. The highest BCUT2D eigenvalue weighted by Gasteiger charge is 2.71. The fourth-order valence-electron chi connectivity index (χ4n) is 17.4. The first-order valence-electron chi connectivity index (χ1n) is 30.6. The third-order valence-corrected chi connectivity index (χ3v) is 23.0. The van der Waals surface area contributed by atoms with Crippen molar-refractivity contribution >= 4 is 11.7 Å². The van der Waals surface area contributed by atoms with Crippen molar-refractivity contribution in [2.75, 3.05) is 45.4 Å². The van der Waals surface area contributed by atoms with Crippen LogP contribution in [-0.4, -0.2) is 253 Å². The van der Waals surface area contributed by atoms with E-state index >= 15 is 0 Å². The van der Waals surface area contributed by atoms with Gasteiger partial charge in [0.05, 0.1) is 50.3 Å². The number of hydrogen-bond acceptors (Lipinski definition) is 25. The number of para-hydroxylation sites is 1. The lowest BCUT2D eigenvalue weighted by atomic mass is 9.33. The Morgan fingerprint density at radius 2 is 1.15 bits per heavy atom. The summed E-state index contributed by atoms with van der Waals surface area (Å²) in [4.78, 5) is 13.1. The highest BCUT2D eigenvalue weighted by molar-refractivity contribution is 5.95. The van der Waals surface area contributed by atoms with Gasteiger partial charge in [0.1, 0.15) is 98.2 Å². The molecule has 9 aliphatic rings. The van der Waals surface area contributed by atoms with Gasteiger partial charge in [-0.3, -0.25) is 0 Å². The summed E-state index contributed by atoms with van der Waals surface area (Å²) < 4.78 is 53.5. The van der Waals surface area contributed by atoms with E-state index in [0.29, 0.717) is 24.9 Å². The molecule has 0 radical (unpaired) electrons. The zero-order chi connectivity index (χ0) is 62.5. The molecule has 5 aliphatic carbocycles. The molecule has 0 spiro atoms. The molecule has 488 valence electrons. The smallest absolute Gasteiger partial charge is 0.340 e. The van der Waals surface area contributed by atoms with E-state index in [9.17, 15) is 76.3 Å². The minimum atomic E-state index is -1.81. The van der Waals surface area contributed by atoms with Crippen LogP contribution in [0.2, 0.25) is 0 Å². The summed E-state index contributed by atoms with van der Waals surface area (Å²) in [5, 5.41) is 157. The highest BCUT2D eigenvalue weighted by atomic mass is 16.7. The first-order valence-corrected chi connectivity index (χ1v) is 30.6. The van der Waals surface area contributed by atoms with Crippen molar-refractivity contribution in [3.8, 4) is 0 Å². The normalized spacial score (nSPS) is 49.9. The number of aliphatic hydroxyl groups is 14. The van der Waals surface area contributed by atoms with Crippen LogP contribution in [0.15, 0.2) is 35.9 Å². The van der Waals surface area contributed by atoms with Crippen molar-refractivity contribution in [3.05, 3.63) is 41.5 Å². The van der Waals surface area contributed by atoms with E-state index in [1.165, 1.54) is 5.57 Å². The molecule has 29 unspecified atom stereocenters. The molecule has 0 amide bonds. The number of benzene rings is 1. The van der Waals surface area contributed by atoms with Gasteiger partial charge in [-0.1, -0.05) is 72.2 Å². The zero-order valence-electron chi connectivity index (χ0n) is 50.4. The number of carbonyl (C=O) groups excluding carboxylic acids is 1. The summed E-state index contributed by atoms with van der Waals surface area (Å²) in [6.07, 6.45) is -25.1. The monoisotopic (exact) mass is 1230 g/mol. The molecular weight excluding hydrogens is 1130 g/mol. The van der Waals surface area contributed by atoms with E-state index in [0.717, 1.165) is 25.7 Å². The molecular formula is C61H95NO24. The fourth-order valence-corrected chi connectivity index (χ4v) is 17.4. The Kier molecular flexibility index (Phi) is 19.1. The third kappa shape index (κ3) is 11.2. The van der Waals surface area contributed by atoms with Crippen LogP contribution in [0.25, 0.3) is 0 Å². The Morgan fingerprint density at radius 3 is 1.76 bits per heavy atom. The standard InChI is InChI=1S/C61H95NO24/c1-56(2)19-29-28-13-14-36-58(5)17-16-38(85-54-49(75)46(72)43(69)34(84-54)25-81-53-48(74)44(70)42(68)33(82-53)24-80-52-47(73)40(66)31(64)22-79-52)57(3,4)35(58)15-18-59(36,6)60(28,7)20-37(65)61(29,26-63)21-39(56)86-55-50(76)45(71)41(67)32(83-55)23-78-51(77)27-11-9-10-12-30(27)62-8/h9-13,29,31-50,52-55,62-76H,14-26H2,1-8H3. The average Bonchev–Trinajstić information content (AvgIpc) is 0.806. The molecule has 1 aromatic carbocycles. The summed E-state index contributed by atoms with van der Waals surface area (Å²) in [5.74, 6) is -0.711. The lowest BCUT2D eigenvalue weighted by Gasteiger charge is -2.72. The van der Waals surface area contributed by atoms with Gasteiger partial charge in [-0.15, -0.1) is 0 Å². The molecule has 25 nitrogen and oxygen atoms in total. The second-order valence-electron chi connectivity index (χ2n) is 28.3. The molecule has 29 atom stereocenters. The Morgan fingerprint density at radius 1 is 0.605 bits per heavy atom. The van der Waals surface area contributed by atoms with E-state index in [-0.39, 0.29) is 53.8 Å². The Balaban J connectivity index is 0.798. The van der Waals surface area contributed by atoms with Crippen LogP contribution in [0.1, 0.15) is 110 Å². The maximum atomic E-state index is 13.1. The molecule has 25 heteroatoms. The Hall–Kier alpha value is -2.65. The number of aliphatic hydroxyl groups excluding tert-OH is 14. The SMILES string of the molecule is CNc1ccccc1C(=O)OCC1OC(OC2CC3(CO)C(O)CC4(C)C(=CCC5C6(C)CCC(OC7OC(COC8OC(COC9OCC(O)C(O)C9O)C(O)C(O)C8O)C(O)C(O)C7O)C(C)(C)C6CCC54C)C3CC2(C)C)C(O)C(O)C1O. The van der Waals surface area contributed by atoms with Crippen molar-refractivity contribution < 1.29 is 119 Å². The highest BCUT2D eigenvalue weighted by Crippen LogP contribution is 2.76. The van der Waals surface area contributed by atoms with Gasteiger partial charge in [0.15, 0.2) is 25.2 Å². The van der Waals surface area contributed by atoms with Crippen molar-refractivity contribution in [2.45, 2.75) is 235 Å². The van der Waals surface area contributed by atoms with Crippen LogP contribution in [-0.2, 0) is 42.6 Å². The van der Waals surface area contributed by atoms with Crippen LogP contribution in [0.4, 0.5) is 5.69 Å². The van der Waals surface area contributed by atoms with E-state index in [1.54, 1.807) is 31.3 Å². The number of fused-ring (bicyclic) bond motifs is 7. The number of carbonyl (C=O) groups is 1. The largest absolute Gasteiger partial charge is 0.459 e. The maximum absolute atomic E-state index is 13.1. The number of anilines is 1. The molecule has 4 saturated carbocycles. The lowest BCUT2D eigenvalue weighted by molar-refractivity contribution is -0.348. The van der Waals surface area contributed by atoms with Gasteiger partial charge >= 0.3 is 5.97 Å². The van der Waals surface area contributed by atoms with E-state index in [1.807, 2.05) is 13.8 Å². The summed E-state index contributed by atoms with van der Waals surface area (Å²) in [6.45, 7) is 13.1. The number of nitrogens with one attached hydrogen (secondary N) is 1. The summed E-state index contributed by atoms with van der Waals surface area (Å²) in [7, 11) is 1.67. The first kappa shape index (κ1) is 66.3. The minimum Gasteiger partial charge on any atom is -0.459 e. The predicted octanol–water partition coefficient (Wildman–Crippen LogP) is -1.07. The summed E-state index contributed by atoms with van der Waals surface area (Å²) in [5.41, 5.74) is -1.29. The molecule has 8 fully saturated rings. The van der Waals surface area contributed by atoms with Crippen LogP contribution < -0.4 is 5.32 Å². The molecule has 4 saturated heterocycles. The van der Waals surface area contributed by atoms with Crippen molar-refractivity contribution in [3.63, 3.8) is 0 Å². The second-order valence-corrected chi connectivity index (χ2v) is 28.3. The van der Waals surface area contributed by atoms with Gasteiger partial charge < -0.3 is 119 Å². The van der Waals surface area contributed by atoms with Crippen molar-refractivity contribution in [1.29, 1.82) is 0 Å². The topological polar surface area (TPSA) is 395 Å². The van der Waals surface area contributed by atoms with E-state index < -0.39 is 182 Å².